The summed E-state index contributed by atoms with van der Waals surface area (Å²) in [7, 11) is 0. The van der Waals surface area contributed by atoms with Gasteiger partial charge < -0.3 is 8.83 Å². The number of carbonyl (C=O) groups is 1. The van der Waals surface area contributed by atoms with Gasteiger partial charge in [0, 0.05) is 13.3 Å². The first kappa shape index (κ1) is 10.2. The lowest BCUT2D eigenvalue weighted by molar-refractivity contribution is 0.0988. The third-order valence-electron chi connectivity index (χ3n) is 1.89. The first-order chi connectivity index (χ1) is 7.15. The Morgan fingerprint density at radius 1 is 1.47 bits per heavy atom. The van der Waals surface area contributed by atoms with Crippen LogP contribution < -0.4 is 0 Å². The summed E-state index contributed by atoms with van der Waals surface area (Å²) in [6.07, 6.45) is 3.17. The second-order valence-electron chi connectivity index (χ2n) is 3.11. The maximum Gasteiger partial charge on any atom is 0.191 e. The zero-order valence-electron chi connectivity index (χ0n) is 7.99. The van der Waals surface area contributed by atoms with Crippen LogP contribution in [-0.2, 0) is 6.42 Å². The van der Waals surface area contributed by atoms with Crippen LogP contribution >= 0.6 is 15.9 Å². The number of aromatic nitrogens is 1. The van der Waals surface area contributed by atoms with E-state index in [-0.39, 0.29) is 12.2 Å². The Hall–Kier alpha value is -1.36. The van der Waals surface area contributed by atoms with Crippen molar-refractivity contribution in [3.8, 4) is 0 Å². The van der Waals surface area contributed by atoms with Gasteiger partial charge in [-0.1, -0.05) is 0 Å². The highest BCUT2D eigenvalue weighted by Crippen LogP contribution is 2.15. The number of oxazole rings is 1. The van der Waals surface area contributed by atoms with E-state index in [0.29, 0.717) is 16.3 Å². The number of furan rings is 1. The van der Waals surface area contributed by atoms with Crippen LogP contribution in [0.4, 0.5) is 0 Å². The van der Waals surface area contributed by atoms with Gasteiger partial charge in [0.25, 0.3) is 0 Å². The van der Waals surface area contributed by atoms with E-state index in [9.17, 15) is 4.79 Å². The van der Waals surface area contributed by atoms with Gasteiger partial charge in [-0.05, 0) is 27.6 Å². The lowest BCUT2D eigenvalue weighted by atomic mass is 10.1. The van der Waals surface area contributed by atoms with Crippen molar-refractivity contribution in [1.29, 1.82) is 0 Å². The number of aryl methyl sites for hydroxylation is 1. The average Bonchev–Trinajstić information content (AvgIpc) is 2.75. The zero-order chi connectivity index (χ0) is 10.8. The molecule has 0 N–H and O–H groups in total. The molecule has 4 nitrogen and oxygen atoms in total. The standard InChI is InChI=1S/C10H8BrNO3/c1-6-12-8(5-14-6)9(13)2-7-3-10(11)15-4-7/h3-5H,2H2,1H3. The van der Waals surface area contributed by atoms with Crippen LogP contribution in [0, 0.1) is 6.92 Å². The van der Waals surface area contributed by atoms with Crippen LogP contribution in [0.5, 0.6) is 0 Å². The van der Waals surface area contributed by atoms with Crippen molar-refractivity contribution in [3.05, 3.63) is 40.4 Å². The summed E-state index contributed by atoms with van der Waals surface area (Å²) in [5, 5.41) is 0. The third-order valence-corrected chi connectivity index (χ3v) is 2.31. The van der Waals surface area contributed by atoms with Gasteiger partial charge in [0.05, 0.1) is 6.26 Å². The summed E-state index contributed by atoms with van der Waals surface area (Å²) in [6.45, 7) is 1.70. The molecule has 0 unspecified atom stereocenters. The van der Waals surface area contributed by atoms with Gasteiger partial charge in [-0.2, -0.15) is 0 Å². The molecule has 0 saturated heterocycles. The largest absolute Gasteiger partial charge is 0.457 e. The first-order valence-corrected chi connectivity index (χ1v) is 5.12. The highest BCUT2D eigenvalue weighted by molar-refractivity contribution is 9.10. The molecule has 0 radical (unpaired) electrons. The van der Waals surface area contributed by atoms with Crippen molar-refractivity contribution in [3.63, 3.8) is 0 Å². The minimum Gasteiger partial charge on any atom is -0.457 e. The van der Waals surface area contributed by atoms with Gasteiger partial charge in [-0.3, -0.25) is 4.79 Å². The number of carbonyl (C=O) groups excluding carboxylic acids is 1. The zero-order valence-corrected chi connectivity index (χ0v) is 9.58. The fraction of sp³-hybridized carbons (Fsp3) is 0.200. The van der Waals surface area contributed by atoms with Crippen LogP contribution in [0.3, 0.4) is 0 Å². The first-order valence-electron chi connectivity index (χ1n) is 4.33. The number of ketones is 1. The lowest BCUT2D eigenvalue weighted by Crippen LogP contribution is -2.03. The Labute approximate surface area is 94.4 Å². The number of Topliss-reactive ketones (excluding diaryl/α,β-unsaturated/α-hetero) is 1. The Balaban J connectivity index is 2.10. The maximum atomic E-state index is 11.7. The van der Waals surface area contributed by atoms with E-state index in [1.165, 1.54) is 12.5 Å². The summed E-state index contributed by atoms with van der Waals surface area (Å²) >= 11 is 3.17. The Morgan fingerprint density at radius 2 is 2.27 bits per heavy atom. The molecule has 2 heterocycles. The van der Waals surface area contributed by atoms with E-state index in [1.807, 2.05) is 0 Å². The van der Waals surface area contributed by atoms with Crippen LogP contribution in [0.1, 0.15) is 21.9 Å². The van der Waals surface area contributed by atoms with Crippen LogP contribution in [0.2, 0.25) is 0 Å². The maximum absolute atomic E-state index is 11.7. The van der Waals surface area contributed by atoms with Gasteiger partial charge in [0.2, 0.25) is 0 Å². The van der Waals surface area contributed by atoms with Crippen LogP contribution in [-0.4, -0.2) is 10.8 Å². The quantitative estimate of drug-likeness (QED) is 0.804. The van der Waals surface area contributed by atoms with Crippen molar-refractivity contribution in [2.24, 2.45) is 0 Å². The molecule has 0 saturated carbocycles. The third kappa shape index (κ3) is 2.36. The summed E-state index contributed by atoms with van der Waals surface area (Å²) in [6, 6.07) is 1.75. The van der Waals surface area contributed by atoms with Crippen molar-refractivity contribution in [2.75, 3.05) is 0 Å². The van der Waals surface area contributed by atoms with Crippen LogP contribution in [0.15, 0.2) is 32.1 Å². The van der Waals surface area contributed by atoms with E-state index in [2.05, 4.69) is 20.9 Å². The number of halogens is 1. The highest BCUT2D eigenvalue weighted by atomic mass is 79.9. The molecule has 5 heteroatoms. The molecular weight excluding hydrogens is 262 g/mol. The summed E-state index contributed by atoms with van der Waals surface area (Å²) in [5.41, 5.74) is 1.16. The summed E-state index contributed by atoms with van der Waals surface area (Å²) in [5.74, 6) is 0.409. The Morgan fingerprint density at radius 3 is 2.80 bits per heavy atom. The molecule has 78 valence electrons. The molecule has 0 spiro atoms. The van der Waals surface area contributed by atoms with E-state index < -0.39 is 0 Å². The van der Waals surface area contributed by atoms with Gasteiger partial charge in [-0.25, -0.2) is 4.98 Å². The van der Waals surface area contributed by atoms with Gasteiger partial charge in [0.15, 0.2) is 16.3 Å². The fourth-order valence-corrected chi connectivity index (χ4v) is 1.59. The monoisotopic (exact) mass is 269 g/mol. The fourth-order valence-electron chi connectivity index (χ4n) is 1.21. The molecule has 0 aliphatic heterocycles. The average molecular weight is 270 g/mol. The summed E-state index contributed by atoms with van der Waals surface area (Å²) in [4.78, 5) is 15.6. The van der Waals surface area contributed by atoms with Crippen molar-refractivity contribution in [2.45, 2.75) is 13.3 Å². The van der Waals surface area contributed by atoms with Crippen LogP contribution in [0.25, 0.3) is 0 Å². The van der Waals surface area contributed by atoms with E-state index in [4.69, 9.17) is 8.83 Å². The molecule has 0 aromatic carbocycles. The van der Waals surface area contributed by atoms with Gasteiger partial charge >= 0.3 is 0 Å². The predicted octanol–water partition coefficient (Wildman–Crippen LogP) is 2.76. The Kier molecular flexibility index (Phi) is 2.73. The predicted molar refractivity (Wildman–Crippen MR) is 55.7 cm³/mol. The van der Waals surface area contributed by atoms with E-state index in [0.717, 1.165) is 5.56 Å². The highest BCUT2D eigenvalue weighted by Gasteiger charge is 2.12. The van der Waals surface area contributed by atoms with E-state index >= 15 is 0 Å². The number of rotatable bonds is 3. The Bertz CT molecular complexity index is 486. The van der Waals surface area contributed by atoms with Gasteiger partial charge in [0.1, 0.15) is 12.0 Å². The number of hydrogen-bond donors (Lipinski definition) is 0. The molecule has 2 aromatic heterocycles. The molecule has 2 aromatic rings. The SMILES string of the molecule is Cc1nc(C(=O)Cc2coc(Br)c2)co1. The molecule has 0 amide bonds. The topological polar surface area (TPSA) is 56.2 Å². The number of hydrogen-bond acceptors (Lipinski definition) is 4. The smallest absolute Gasteiger partial charge is 0.191 e. The van der Waals surface area contributed by atoms with Crippen molar-refractivity contribution >= 4 is 21.7 Å². The lowest BCUT2D eigenvalue weighted by Gasteiger charge is -1.91. The summed E-state index contributed by atoms with van der Waals surface area (Å²) < 4.78 is 10.6. The second-order valence-corrected chi connectivity index (χ2v) is 3.89. The van der Waals surface area contributed by atoms with Gasteiger partial charge in [-0.15, -0.1) is 0 Å². The molecule has 0 aliphatic rings. The minimum absolute atomic E-state index is 0.0832. The van der Waals surface area contributed by atoms with Crippen molar-refractivity contribution in [1.82, 2.24) is 4.98 Å². The molecular formula is C10H8BrNO3. The molecule has 0 bridgehead atoms. The number of nitrogens with zero attached hydrogens (tertiary/aromatic N) is 1. The van der Waals surface area contributed by atoms with Crippen molar-refractivity contribution < 1.29 is 13.6 Å². The molecule has 0 atom stereocenters. The molecule has 2 rings (SSSR count). The molecule has 15 heavy (non-hydrogen) atoms. The van der Waals surface area contributed by atoms with E-state index in [1.54, 1.807) is 13.0 Å². The molecule has 0 aliphatic carbocycles. The molecule has 0 fully saturated rings. The normalized spacial score (nSPS) is 10.5. The second kappa shape index (κ2) is 4.02. The minimum atomic E-state index is -0.0832.